The number of fused-ring (bicyclic) bond motifs is 1. The molecule has 1 fully saturated rings. The summed E-state index contributed by atoms with van der Waals surface area (Å²) in [5.41, 5.74) is 0.941. The van der Waals surface area contributed by atoms with E-state index in [1.54, 1.807) is 23.9 Å². The Kier molecular flexibility index (Phi) is 6.97. The van der Waals surface area contributed by atoms with Crippen molar-refractivity contribution < 1.29 is 22.7 Å². The summed E-state index contributed by atoms with van der Waals surface area (Å²) in [6.07, 6.45) is 2.96. The molecule has 1 saturated heterocycles. The van der Waals surface area contributed by atoms with Crippen LogP contribution in [0.25, 0.3) is 0 Å². The molecule has 1 atom stereocenters. The largest absolute Gasteiger partial charge is 0.486 e. The van der Waals surface area contributed by atoms with Crippen molar-refractivity contribution in [3.8, 4) is 11.5 Å². The highest BCUT2D eigenvalue weighted by Gasteiger charge is 2.32. The summed E-state index contributed by atoms with van der Waals surface area (Å²) in [5, 5.41) is 3.07. The van der Waals surface area contributed by atoms with Crippen LogP contribution in [0.3, 0.4) is 0 Å². The summed E-state index contributed by atoms with van der Waals surface area (Å²) in [5.74, 6) is 1.16. The first-order valence-corrected chi connectivity index (χ1v) is 13.4. The second-order valence-corrected chi connectivity index (χ2v) is 10.8. The van der Waals surface area contributed by atoms with Crippen LogP contribution in [0.5, 0.6) is 11.5 Å². The minimum atomic E-state index is -3.54. The molecule has 0 spiro atoms. The average Bonchev–Trinajstić information content (AvgIpc) is 2.83. The van der Waals surface area contributed by atoms with Crippen LogP contribution in [-0.2, 0) is 14.8 Å². The molecule has 0 saturated carbocycles. The summed E-state index contributed by atoms with van der Waals surface area (Å²) in [6, 6.07) is 12.4. The maximum absolute atomic E-state index is 12.9. The standard InChI is InChI=1S/C23H28N2O5S2/c1-16(18-3-8-21-22(15-18)30-14-13-29-21)24-23(26)17-9-11-25(12-10-17)32(27,28)20-6-4-19(31-2)5-7-20/h3-8,15-17H,9-14H2,1-2H3,(H,24,26)/t16-/m1/s1. The van der Waals surface area contributed by atoms with Gasteiger partial charge >= 0.3 is 0 Å². The first kappa shape index (κ1) is 22.9. The lowest BCUT2D eigenvalue weighted by Gasteiger charge is -2.31. The fourth-order valence-corrected chi connectivity index (χ4v) is 5.88. The quantitative estimate of drug-likeness (QED) is 0.643. The van der Waals surface area contributed by atoms with Crippen LogP contribution in [0.1, 0.15) is 31.4 Å². The summed E-state index contributed by atoms with van der Waals surface area (Å²) in [4.78, 5) is 14.1. The highest BCUT2D eigenvalue weighted by atomic mass is 32.2. The first-order chi connectivity index (χ1) is 15.4. The molecule has 2 aliphatic heterocycles. The summed E-state index contributed by atoms with van der Waals surface area (Å²) in [7, 11) is -3.54. The Labute approximate surface area is 193 Å². The van der Waals surface area contributed by atoms with Crippen LogP contribution in [0.2, 0.25) is 0 Å². The number of nitrogens with zero attached hydrogens (tertiary/aromatic N) is 1. The van der Waals surface area contributed by atoms with E-state index in [-0.39, 0.29) is 17.9 Å². The van der Waals surface area contributed by atoms with Crippen molar-refractivity contribution in [1.82, 2.24) is 9.62 Å². The molecule has 7 nitrogen and oxygen atoms in total. The molecule has 2 heterocycles. The van der Waals surface area contributed by atoms with Gasteiger partial charge in [-0.1, -0.05) is 6.07 Å². The lowest BCUT2D eigenvalue weighted by atomic mass is 9.96. The number of thioether (sulfide) groups is 1. The number of sulfonamides is 1. The third kappa shape index (κ3) is 4.89. The van der Waals surface area contributed by atoms with Crippen LogP contribution >= 0.6 is 11.8 Å². The lowest BCUT2D eigenvalue weighted by molar-refractivity contribution is -0.126. The van der Waals surface area contributed by atoms with Crippen LogP contribution in [0.4, 0.5) is 0 Å². The SMILES string of the molecule is CSc1ccc(S(=O)(=O)N2CCC(C(=O)N[C@H](C)c3ccc4c(c3)OCCO4)CC2)cc1. The molecule has 172 valence electrons. The molecule has 0 aromatic heterocycles. The van der Waals surface area contributed by atoms with Gasteiger partial charge in [0.25, 0.3) is 0 Å². The molecule has 1 amide bonds. The summed E-state index contributed by atoms with van der Waals surface area (Å²) in [6.45, 7) is 3.66. The highest BCUT2D eigenvalue weighted by Crippen LogP contribution is 2.33. The van der Waals surface area contributed by atoms with Gasteiger partial charge in [-0.3, -0.25) is 4.79 Å². The van der Waals surface area contributed by atoms with Gasteiger partial charge in [-0.25, -0.2) is 8.42 Å². The lowest BCUT2D eigenvalue weighted by Crippen LogP contribution is -2.43. The Morgan fingerprint density at radius 2 is 1.72 bits per heavy atom. The molecule has 4 rings (SSSR count). The van der Waals surface area contributed by atoms with Crippen molar-refractivity contribution >= 4 is 27.7 Å². The molecule has 0 unspecified atom stereocenters. The van der Waals surface area contributed by atoms with Crippen molar-refractivity contribution in [2.45, 2.75) is 35.6 Å². The number of hydrogen-bond acceptors (Lipinski definition) is 6. The van der Waals surface area contributed by atoms with Gasteiger partial charge in [0.05, 0.1) is 10.9 Å². The molecule has 2 aliphatic rings. The Balaban J connectivity index is 1.34. The van der Waals surface area contributed by atoms with Crippen LogP contribution < -0.4 is 14.8 Å². The van der Waals surface area contributed by atoms with Crippen molar-refractivity contribution in [3.05, 3.63) is 48.0 Å². The van der Waals surface area contributed by atoms with E-state index in [1.165, 1.54) is 4.31 Å². The van der Waals surface area contributed by atoms with E-state index >= 15 is 0 Å². The van der Waals surface area contributed by atoms with Gasteiger partial charge in [-0.05, 0) is 68.0 Å². The monoisotopic (exact) mass is 476 g/mol. The number of rotatable bonds is 6. The second-order valence-electron chi connectivity index (χ2n) is 7.99. The maximum Gasteiger partial charge on any atom is 0.243 e. The molecular weight excluding hydrogens is 448 g/mol. The van der Waals surface area contributed by atoms with E-state index in [1.807, 2.05) is 43.5 Å². The minimum absolute atomic E-state index is 0.0474. The predicted molar refractivity (Wildman–Crippen MR) is 124 cm³/mol. The number of hydrogen-bond donors (Lipinski definition) is 1. The second kappa shape index (κ2) is 9.72. The number of benzene rings is 2. The molecule has 0 radical (unpaired) electrons. The van der Waals surface area contributed by atoms with E-state index in [0.29, 0.717) is 49.8 Å². The van der Waals surface area contributed by atoms with Crippen LogP contribution in [0, 0.1) is 5.92 Å². The Morgan fingerprint density at radius 1 is 1.06 bits per heavy atom. The van der Waals surface area contributed by atoms with Gasteiger partial charge in [0.15, 0.2) is 11.5 Å². The third-order valence-electron chi connectivity index (χ3n) is 5.95. The average molecular weight is 477 g/mol. The van der Waals surface area contributed by atoms with Crippen molar-refractivity contribution in [2.24, 2.45) is 5.92 Å². The van der Waals surface area contributed by atoms with E-state index in [4.69, 9.17) is 9.47 Å². The maximum atomic E-state index is 12.9. The number of nitrogens with one attached hydrogen (secondary N) is 1. The third-order valence-corrected chi connectivity index (χ3v) is 8.60. The number of carbonyl (C=O) groups excluding carboxylic acids is 1. The molecule has 1 N–H and O–H groups in total. The zero-order valence-corrected chi connectivity index (χ0v) is 19.9. The van der Waals surface area contributed by atoms with Crippen LogP contribution in [-0.4, -0.2) is 51.2 Å². The number of piperidine rings is 1. The van der Waals surface area contributed by atoms with Gasteiger partial charge in [0.2, 0.25) is 15.9 Å². The number of carbonyl (C=O) groups is 1. The predicted octanol–water partition coefficient (Wildman–Crippen LogP) is 3.46. The molecule has 2 aromatic carbocycles. The fourth-order valence-electron chi connectivity index (χ4n) is 4.00. The van der Waals surface area contributed by atoms with Gasteiger partial charge < -0.3 is 14.8 Å². The topological polar surface area (TPSA) is 84.9 Å². The molecule has 0 aliphatic carbocycles. The van der Waals surface area contributed by atoms with E-state index in [2.05, 4.69) is 5.32 Å². The normalized spacial score (nSPS) is 18.2. The molecular formula is C23H28N2O5S2. The summed E-state index contributed by atoms with van der Waals surface area (Å²) < 4.78 is 38.5. The van der Waals surface area contributed by atoms with Crippen molar-refractivity contribution in [3.63, 3.8) is 0 Å². The van der Waals surface area contributed by atoms with E-state index < -0.39 is 10.0 Å². The Morgan fingerprint density at radius 3 is 2.38 bits per heavy atom. The molecule has 0 bridgehead atoms. The van der Waals surface area contributed by atoms with Crippen molar-refractivity contribution in [1.29, 1.82) is 0 Å². The molecule has 9 heteroatoms. The molecule has 2 aromatic rings. The van der Waals surface area contributed by atoms with Gasteiger partial charge in [0.1, 0.15) is 13.2 Å². The number of amides is 1. The highest BCUT2D eigenvalue weighted by molar-refractivity contribution is 7.98. The Bertz CT molecular complexity index is 1060. The van der Waals surface area contributed by atoms with E-state index in [9.17, 15) is 13.2 Å². The van der Waals surface area contributed by atoms with E-state index in [0.717, 1.165) is 16.2 Å². The Hall–Kier alpha value is -2.23. The first-order valence-electron chi connectivity index (χ1n) is 10.7. The minimum Gasteiger partial charge on any atom is -0.486 e. The number of ether oxygens (including phenoxy) is 2. The zero-order valence-electron chi connectivity index (χ0n) is 18.2. The molecule has 32 heavy (non-hydrogen) atoms. The van der Waals surface area contributed by atoms with Gasteiger partial charge in [0, 0.05) is 23.9 Å². The van der Waals surface area contributed by atoms with Crippen LogP contribution in [0.15, 0.2) is 52.3 Å². The van der Waals surface area contributed by atoms with Gasteiger partial charge in [-0.2, -0.15) is 4.31 Å². The van der Waals surface area contributed by atoms with Crippen molar-refractivity contribution in [2.75, 3.05) is 32.6 Å². The zero-order chi connectivity index (χ0) is 22.7. The smallest absolute Gasteiger partial charge is 0.243 e. The summed E-state index contributed by atoms with van der Waals surface area (Å²) >= 11 is 1.57. The fraction of sp³-hybridized carbons (Fsp3) is 0.435. The van der Waals surface area contributed by atoms with Gasteiger partial charge in [-0.15, -0.1) is 11.8 Å².